The molecular formula is C17H20N2O2S. The van der Waals surface area contributed by atoms with Crippen molar-refractivity contribution in [2.75, 3.05) is 20.2 Å². The number of thiocarbonyl (C=S) groups is 1. The summed E-state index contributed by atoms with van der Waals surface area (Å²) < 4.78 is 5.08. The molecule has 4 nitrogen and oxygen atoms in total. The number of hydrogen-bond acceptors (Lipinski definition) is 3. The molecule has 22 heavy (non-hydrogen) atoms. The summed E-state index contributed by atoms with van der Waals surface area (Å²) in [4.78, 5) is 13.7. The molecule has 1 aromatic carbocycles. The third-order valence-corrected chi connectivity index (χ3v) is 3.12. The monoisotopic (exact) mass is 316 g/mol. The van der Waals surface area contributed by atoms with Crippen LogP contribution in [0.5, 0.6) is 5.75 Å². The molecule has 0 aliphatic carbocycles. The van der Waals surface area contributed by atoms with Gasteiger partial charge in [-0.3, -0.25) is 10.1 Å². The van der Waals surface area contributed by atoms with Crippen molar-refractivity contribution in [3.8, 4) is 5.75 Å². The van der Waals surface area contributed by atoms with E-state index in [4.69, 9.17) is 17.0 Å². The second kappa shape index (κ2) is 9.52. The molecule has 0 spiro atoms. The number of nitrogens with zero attached hydrogens (tertiary/aromatic N) is 1. The third-order valence-electron chi connectivity index (χ3n) is 2.76. The highest BCUT2D eigenvalue weighted by atomic mass is 32.1. The van der Waals surface area contributed by atoms with E-state index >= 15 is 0 Å². The largest absolute Gasteiger partial charge is 0.497 e. The van der Waals surface area contributed by atoms with Gasteiger partial charge in [0.15, 0.2) is 5.11 Å². The van der Waals surface area contributed by atoms with Crippen LogP contribution in [0.15, 0.2) is 55.7 Å². The van der Waals surface area contributed by atoms with Gasteiger partial charge in [-0.25, -0.2) is 0 Å². The number of carbonyl (C=O) groups is 1. The molecule has 5 heteroatoms. The van der Waals surface area contributed by atoms with Crippen LogP contribution in [0.1, 0.15) is 5.56 Å². The lowest BCUT2D eigenvalue weighted by Crippen LogP contribution is -2.42. The van der Waals surface area contributed by atoms with Crippen molar-refractivity contribution < 1.29 is 9.53 Å². The average Bonchev–Trinajstić information content (AvgIpc) is 2.53. The summed E-state index contributed by atoms with van der Waals surface area (Å²) in [5.74, 6) is 0.492. The van der Waals surface area contributed by atoms with Gasteiger partial charge >= 0.3 is 0 Å². The number of carbonyl (C=O) groups excluding carboxylic acids is 1. The maximum absolute atomic E-state index is 11.9. The summed E-state index contributed by atoms with van der Waals surface area (Å²) in [5, 5.41) is 3.00. The zero-order chi connectivity index (χ0) is 16.4. The first-order valence-electron chi connectivity index (χ1n) is 6.74. The van der Waals surface area contributed by atoms with E-state index in [9.17, 15) is 4.79 Å². The van der Waals surface area contributed by atoms with Gasteiger partial charge in [0.1, 0.15) is 5.75 Å². The van der Waals surface area contributed by atoms with E-state index in [-0.39, 0.29) is 5.91 Å². The highest BCUT2D eigenvalue weighted by Crippen LogP contribution is 2.12. The minimum absolute atomic E-state index is 0.279. The summed E-state index contributed by atoms with van der Waals surface area (Å²) in [6, 6.07) is 7.39. The Hall–Kier alpha value is -2.40. The van der Waals surface area contributed by atoms with Gasteiger partial charge in [-0.1, -0.05) is 24.3 Å². The second-order valence-electron chi connectivity index (χ2n) is 4.38. The molecule has 0 aliphatic heterocycles. The van der Waals surface area contributed by atoms with Gasteiger partial charge in [0.2, 0.25) is 5.91 Å². The molecule has 1 amide bonds. The van der Waals surface area contributed by atoms with Crippen molar-refractivity contribution in [2.24, 2.45) is 0 Å². The van der Waals surface area contributed by atoms with Crippen LogP contribution in [0.3, 0.4) is 0 Å². The summed E-state index contributed by atoms with van der Waals surface area (Å²) in [7, 11) is 1.61. The fourth-order valence-electron chi connectivity index (χ4n) is 1.67. The highest BCUT2D eigenvalue weighted by Gasteiger charge is 2.08. The standard InChI is InChI=1S/C17H20N2O2S/c1-4-12-19(13-5-2)17(22)18-16(20)11-8-14-6-9-15(21-3)10-7-14/h4-11H,1-2,12-13H2,3H3,(H,18,20,22)/b11-8+. The number of ether oxygens (including phenoxy) is 1. The first kappa shape index (κ1) is 17.7. The number of methoxy groups -OCH3 is 1. The fourth-order valence-corrected chi connectivity index (χ4v) is 1.91. The molecule has 0 saturated carbocycles. The van der Waals surface area contributed by atoms with Crippen LogP contribution < -0.4 is 10.1 Å². The summed E-state index contributed by atoms with van der Waals surface area (Å²) >= 11 is 5.19. The number of amides is 1. The lowest BCUT2D eigenvalue weighted by atomic mass is 10.2. The Morgan fingerprint density at radius 3 is 2.36 bits per heavy atom. The SMILES string of the molecule is C=CCN(CC=C)C(=S)NC(=O)/C=C/c1ccc(OC)cc1. The molecule has 0 aromatic heterocycles. The molecule has 0 heterocycles. The van der Waals surface area contributed by atoms with Crippen molar-refractivity contribution in [2.45, 2.75) is 0 Å². The Labute approximate surface area is 136 Å². The van der Waals surface area contributed by atoms with Crippen LogP contribution in [0.4, 0.5) is 0 Å². The number of rotatable bonds is 7. The molecule has 0 radical (unpaired) electrons. The Balaban J connectivity index is 2.59. The summed E-state index contributed by atoms with van der Waals surface area (Å²) in [5.41, 5.74) is 0.899. The predicted octanol–water partition coefficient (Wildman–Crippen LogP) is 2.78. The molecule has 0 aliphatic rings. The van der Waals surface area contributed by atoms with Gasteiger partial charge in [-0.05, 0) is 36.0 Å². The highest BCUT2D eigenvalue weighted by molar-refractivity contribution is 7.80. The number of benzene rings is 1. The van der Waals surface area contributed by atoms with Crippen LogP contribution in [0.2, 0.25) is 0 Å². The Bertz CT molecular complexity index is 555. The quantitative estimate of drug-likeness (QED) is 0.477. The molecule has 0 saturated heterocycles. The maximum Gasteiger partial charge on any atom is 0.250 e. The van der Waals surface area contributed by atoms with E-state index in [1.165, 1.54) is 6.08 Å². The van der Waals surface area contributed by atoms with Crippen molar-refractivity contribution in [1.29, 1.82) is 0 Å². The van der Waals surface area contributed by atoms with Gasteiger partial charge in [0, 0.05) is 19.2 Å². The van der Waals surface area contributed by atoms with Crippen LogP contribution in [-0.2, 0) is 4.79 Å². The molecule has 1 aromatic rings. The van der Waals surface area contributed by atoms with Crippen molar-refractivity contribution in [3.63, 3.8) is 0 Å². The topological polar surface area (TPSA) is 41.6 Å². The van der Waals surface area contributed by atoms with E-state index in [2.05, 4.69) is 18.5 Å². The Morgan fingerprint density at radius 1 is 1.27 bits per heavy atom. The molecule has 0 bridgehead atoms. The van der Waals surface area contributed by atoms with Crippen molar-refractivity contribution in [3.05, 3.63) is 61.2 Å². The molecular weight excluding hydrogens is 296 g/mol. The lowest BCUT2D eigenvalue weighted by Gasteiger charge is -2.21. The minimum atomic E-state index is -0.279. The smallest absolute Gasteiger partial charge is 0.250 e. The molecule has 0 unspecified atom stereocenters. The number of hydrogen-bond donors (Lipinski definition) is 1. The first-order chi connectivity index (χ1) is 10.6. The fraction of sp³-hybridized carbons (Fsp3) is 0.176. The van der Waals surface area contributed by atoms with Crippen molar-refractivity contribution >= 4 is 29.3 Å². The molecule has 0 atom stereocenters. The maximum atomic E-state index is 11.9. The predicted molar refractivity (Wildman–Crippen MR) is 94.7 cm³/mol. The van der Waals surface area contributed by atoms with Gasteiger partial charge in [0.25, 0.3) is 0 Å². The van der Waals surface area contributed by atoms with Gasteiger partial charge < -0.3 is 9.64 Å². The minimum Gasteiger partial charge on any atom is -0.497 e. The van der Waals surface area contributed by atoms with Gasteiger partial charge in [-0.2, -0.15) is 0 Å². The Kier molecular flexibility index (Phi) is 7.64. The van der Waals surface area contributed by atoms with E-state index in [0.717, 1.165) is 11.3 Å². The van der Waals surface area contributed by atoms with Crippen molar-refractivity contribution in [1.82, 2.24) is 10.2 Å². The van der Waals surface area contributed by atoms with E-state index < -0.39 is 0 Å². The first-order valence-corrected chi connectivity index (χ1v) is 7.15. The van der Waals surface area contributed by atoms with Gasteiger partial charge in [0.05, 0.1) is 7.11 Å². The number of nitrogens with one attached hydrogen (secondary N) is 1. The lowest BCUT2D eigenvalue weighted by molar-refractivity contribution is -0.115. The summed E-state index contributed by atoms with van der Waals surface area (Å²) in [6.07, 6.45) is 6.58. The molecule has 0 fully saturated rings. The van der Waals surface area contributed by atoms with Crippen LogP contribution in [-0.4, -0.2) is 36.1 Å². The van der Waals surface area contributed by atoms with E-state index in [0.29, 0.717) is 18.2 Å². The summed E-state index contributed by atoms with van der Waals surface area (Å²) in [6.45, 7) is 8.42. The van der Waals surface area contributed by atoms with Crippen LogP contribution in [0, 0.1) is 0 Å². The molecule has 1 rings (SSSR count). The average molecular weight is 316 g/mol. The van der Waals surface area contributed by atoms with Crippen LogP contribution in [0.25, 0.3) is 6.08 Å². The normalized spacial score (nSPS) is 10.0. The second-order valence-corrected chi connectivity index (χ2v) is 4.77. The van der Waals surface area contributed by atoms with Crippen LogP contribution >= 0.6 is 12.2 Å². The third kappa shape index (κ3) is 5.93. The Morgan fingerprint density at radius 2 is 1.86 bits per heavy atom. The zero-order valence-electron chi connectivity index (χ0n) is 12.6. The molecule has 1 N–H and O–H groups in total. The van der Waals surface area contributed by atoms with Gasteiger partial charge in [-0.15, -0.1) is 13.2 Å². The van der Waals surface area contributed by atoms with E-state index in [1.807, 2.05) is 24.3 Å². The molecule has 116 valence electrons. The van der Waals surface area contributed by atoms with E-state index in [1.54, 1.807) is 30.2 Å². The zero-order valence-corrected chi connectivity index (χ0v) is 13.4.